The average molecular weight is 240 g/mol. The molecule has 0 rings (SSSR count). The molecule has 0 amide bonds. The molecule has 0 aromatic carbocycles. The highest BCUT2D eigenvalue weighted by Crippen LogP contribution is 2.28. The highest BCUT2D eigenvalue weighted by Gasteiger charge is 2.16. The standard InChI is InChI=1S/C17H36/c1-7-10-15(5)16(6)13-17(8-2)12-9-11-14(3)4/h14-17H,7-13H2,1-6H3. The van der Waals surface area contributed by atoms with Gasteiger partial charge in [0, 0.05) is 0 Å². The summed E-state index contributed by atoms with van der Waals surface area (Å²) < 4.78 is 0. The highest BCUT2D eigenvalue weighted by molar-refractivity contribution is 4.67. The molecule has 0 aliphatic heterocycles. The number of hydrogen-bond donors (Lipinski definition) is 0. The van der Waals surface area contributed by atoms with Gasteiger partial charge in [0.1, 0.15) is 0 Å². The molecule has 0 radical (unpaired) electrons. The Morgan fingerprint density at radius 2 is 1.41 bits per heavy atom. The molecule has 0 aromatic heterocycles. The minimum Gasteiger partial charge on any atom is -0.0654 e. The van der Waals surface area contributed by atoms with Crippen molar-refractivity contribution in [1.82, 2.24) is 0 Å². The molecule has 0 spiro atoms. The van der Waals surface area contributed by atoms with Gasteiger partial charge in [-0.15, -0.1) is 0 Å². The zero-order chi connectivity index (χ0) is 13.3. The van der Waals surface area contributed by atoms with Crippen molar-refractivity contribution in [3.05, 3.63) is 0 Å². The summed E-state index contributed by atoms with van der Waals surface area (Å²) in [5.41, 5.74) is 0. The quantitative estimate of drug-likeness (QED) is 0.420. The van der Waals surface area contributed by atoms with Crippen LogP contribution in [-0.2, 0) is 0 Å². The molecule has 0 aliphatic rings. The first-order valence-corrected chi connectivity index (χ1v) is 8.01. The van der Waals surface area contributed by atoms with Gasteiger partial charge in [-0.1, -0.05) is 80.1 Å². The summed E-state index contributed by atoms with van der Waals surface area (Å²) in [5.74, 6) is 3.69. The molecular weight excluding hydrogens is 204 g/mol. The summed E-state index contributed by atoms with van der Waals surface area (Å²) in [6.45, 7) is 14.3. The lowest BCUT2D eigenvalue weighted by molar-refractivity contribution is 0.269. The van der Waals surface area contributed by atoms with Crippen LogP contribution >= 0.6 is 0 Å². The summed E-state index contributed by atoms with van der Waals surface area (Å²) in [6.07, 6.45) is 9.88. The lowest BCUT2D eigenvalue weighted by Crippen LogP contribution is -2.13. The predicted molar refractivity (Wildman–Crippen MR) is 80.3 cm³/mol. The van der Waals surface area contributed by atoms with Crippen molar-refractivity contribution in [3.63, 3.8) is 0 Å². The Morgan fingerprint density at radius 3 is 1.88 bits per heavy atom. The normalized spacial score (nSPS) is 17.1. The fourth-order valence-electron chi connectivity index (χ4n) is 2.80. The van der Waals surface area contributed by atoms with Gasteiger partial charge in [0.15, 0.2) is 0 Å². The van der Waals surface area contributed by atoms with Crippen molar-refractivity contribution in [2.75, 3.05) is 0 Å². The van der Waals surface area contributed by atoms with Crippen LogP contribution < -0.4 is 0 Å². The van der Waals surface area contributed by atoms with Crippen LogP contribution in [-0.4, -0.2) is 0 Å². The Bertz CT molecular complexity index is 159. The van der Waals surface area contributed by atoms with Gasteiger partial charge in [-0.25, -0.2) is 0 Å². The first kappa shape index (κ1) is 17.0. The summed E-state index contributed by atoms with van der Waals surface area (Å²) in [7, 11) is 0. The summed E-state index contributed by atoms with van der Waals surface area (Å²) >= 11 is 0. The third-order valence-corrected chi connectivity index (χ3v) is 4.39. The summed E-state index contributed by atoms with van der Waals surface area (Å²) in [4.78, 5) is 0. The van der Waals surface area contributed by atoms with E-state index in [1.807, 2.05) is 0 Å². The molecule has 0 nitrogen and oxygen atoms in total. The van der Waals surface area contributed by atoms with Crippen molar-refractivity contribution in [1.29, 1.82) is 0 Å². The first-order chi connectivity index (χ1) is 8.01. The smallest absolute Gasteiger partial charge is 0.0414 e. The zero-order valence-electron chi connectivity index (χ0n) is 13.3. The van der Waals surface area contributed by atoms with Crippen LogP contribution in [0.1, 0.15) is 86.5 Å². The Labute approximate surface area is 111 Å². The van der Waals surface area contributed by atoms with Crippen molar-refractivity contribution >= 4 is 0 Å². The fraction of sp³-hybridized carbons (Fsp3) is 1.00. The second-order valence-electron chi connectivity index (χ2n) is 6.58. The second-order valence-corrected chi connectivity index (χ2v) is 6.58. The predicted octanol–water partition coefficient (Wildman–Crippen LogP) is 6.30. The van der Waals surface area contributed by atoms with Crippen LogP contribution in [0.15, 0.2) is 0 Å². The van der Waals surface area contributed by atoms with Crippen molar-refractivity contribution in [3.8, 4) is 0 Å². The van der Waals surface area contributed by atoms with Crippen LogP contribution in [0, 0.1) is 23.7 Å². The molecular formula is C17H36. The van der Waals surface area contributed by atoms with Crippen molar-refractivity contribution in [2.24, 2.45) is 23.7 Å². The molecule has 3 atom stereocenters. The highest BCUT2D eigenvalue weighted by atomic mass is 14.2. The van der Waals surface area contributed by atoms with Gasteiger partial charge in [0.2, 0.25) is 0 Å². The van der Waals surface area contributed by atoms with E-state index in [1.54, 1.807) is 0 Å². The first-order valence-electron chi connectivity index (χ1n) is 8.01. The van der Waals surface area contributed by atoms with Crippen LogP contribution in [0.2, 0.25) is 0 Å². The van der Waals surface area contributed by atoms with E-state index in [1.165, 1.54) is 44.9 Å². The van der Waals surface area contributed by atoms with Crippen LogP contribution in [0.5, 0.6) is 0 Å². The zero-order valence-corrected chi connectivity index (χ0v) is 13.3. The molecule has 0 saturated carbocycles. The van der Waals surface area contributed by atoms with E-state index in [-0.39, 0.29) is 0 Å². The maximum absolute atomic E-state index is 2.46. The maximum atomic E-state index is 2.46. The molecule has 3 unspecified atom stereocenters. The molecule has 0 aromatic rings. The SMILES string of the molecule is CCCC(C)C(C)CC(CC)CCCC(C)C. The lowest BCUT2D eigenvalue weighted by atomic mass is 9.81. The molecule has 104 valence electrons. The molecule has 0 heterocycles. The van der Waals surface area contributed by atoms with E-state index in [4.69, 9.17) is 0 Å². The molecule has 0 N–H and O–H groups in total. The molecule has 0 saturated heterocycles. The monoisotopic (exact) mass is 240 g/mol. The second kappa shape index (κ2) is 9.97. The molecule has 17 heavy (non-hydrogen) atoms. The minimum atomic E-state index is 0.879. The Kier molecular flexibility index (Phi) is 9.97. The van der Waals surface area contributed by atoms with Gasteiger partial charge in [-0.2, -0.15) is 0 Å². The largest absolute Gasteiger partial charge is 0.0654 e. The van der Waals surface area contributed by atoms with E-state index < -0.39 is 0 Å². The van der Waals surface area contributed by atoms with E-state index in [9.17, 15) is 0 Å². The van der Waals surface area contributed by atoms with Crippen LogP contribution in [0.25, 0.3) is 0 Å². The molecule has 0 bridgehead atoms. The summed E-state index contributed by atoms with van der Waals surface area (Å²) in [6, 6.07) is 0. The Hall–Kier alpha value is 0. The number of rotatable bonds is 10. The van der Waals surface area contributed by atoms with Crippen LogP contribution in [0.3, 0.4) is 0 Å². The maximum Gasteiger partial charge on any atom is -0.0414 e. The topological polar surface area (TPSA) is 0 Å². The van der Waals surface area contributed by atoms with E-state index >= 15 is 0 Å². The third kappa shape index (κ3) is 8.69. The van der Waals surface area contributed by atoms with E-state index in [2.05, 4.69) is 41.5 Å². The van der Waals surface area contributed by atoms with Gasteiger partial charge in [-0.05, 0) is 30.1 Å². The van der Waals surface area contributed by atoms with Gasteiger partial charge >= 0.3 is 0 Å². The number of hydrogen-bond acceptors (Lipinski definition) is 0. The fourth-order valence-corrected chi connectivity index (χ4v) is 2.80. The van der Waals surface area contributed by atoms with E-state index in [0.29, 0.717) is 0 Å². The van der Waals surface area contributed by atoms with Gasteiger partial charge < -0.3 is 0 Å². The Balaban J connectivity index is 3.86. The van der Waals surface area contributed by atoms with Gasteiger partial charge in [0.25, 0.3) is 0 Å². The average Bonchev–Trinajstić information content (AvgIpc) is 2.27. The van der Waals surface area contributed by atoms with Gasteiger partial charge in [0.05, 0.1) is 0 Å². The van der Waals surface area contributed by atoms with E-state index in [0.717, 1.165) is 23.7 Å². The minimum absolute atomic E-state index is 0.879. The third-order valence-electron chi connectivity index (χ3n) is 4.39. The molecule has 0 fully saturated rings. The molecule has 0 heteroatoms. The summed E-state index contributed by atoms with van der Waals surface area (Å²) in [5, 5.41) is 0. The van der Waals surface area contributed by atoms with Gasteiger partial charge in [-0.3, -0.25) is 0 Å². The van der Waals surface area contributed by atoms with Crippen LogP contribution in [0.4, 0.5) is 0 Å². The van der Waals surface area contributed by atoms with Crippen molar-refractivity contribution in [2.45, 2.75) is 86.5 Å². The Morgan fingerprint density at radius 1 is 0.765 bits per heavy atom. The lowest BCUT2D eigenvalue weighted by Gasteiger charge is -2.24. The molecule has 0 aliphatic carbocycles. The van der Waals surface area contributed by atoms with Crippen molar-refractivity contribution < 1.29 is 0 Å².